The first-order valence-electron chi connectivity index (χ1n) is 10.6. The average molecular weight is 442 g/mol. The lowest BCUT2D eigenvalue weighted by atomic mass is 10.1. The van der Waals surface area contributed by atoms with E-state index in [0.717, 1.165) is 16.8 Å². The predicted octanol–water partition coefficient (Wildman–Crippen LogP) is 6.10. The van der Waals surface area contributed by atoms with E-state index in [1.165, 1.54) is 15.9 Å². The maximum Gasteiger partial charge on any atom is 0.185 e. The summed E-state index contributed by atoms with van der Waals surface area (Å²) in [5.74, 6) is 0. The normalized spacial score (nSPS) is 11.5. The maximum atomic E-state index is 5.64. The zero-order valence-electron chi connectivity index (χ0n) is 18.7. The highest BCUT2D eigenvalue weighted by atomic mass is 31.2. The lowest BCUT2D eigenvalue weighted by Gasteiger charge is -2.28. The molecule has 0 heterocycles. The summed E-state index contributed by atoms with van der Waals surface area (Å²) in [7, 11) is 0.958. The van der Waals surface area contributed by atoms with Gasteiger partial charge < -0.3 is 9.47 Å². The summed E-state index contributed by atoms with van der Waals surface area (Å²) < 4.78 is 16.9. The summed E-state index contributed by atoms with van der Waals surface area (Å²) in [6.07, 6.45) is -0.488. The maximum absolute atomic E-state index is 5.64. The summed E-state index contributed by atoms with van der Waals surface area (Å²) in [6, 6.07) is 38.1. The first-order valence-corrected chi connectivity index (χ1v) is 12.4. The number of aryl methyl sites for hydroxylation is 1. The molecule has 162 valence electrons. The van der Waals surface area contributed by atoms with Crippen molar-refractivity contribution in [2.75, 3.05) is 14.2 Å². The lowest BCUT2D eigenvalue weighted by Crippen LogP contribution is -2.25. The summed E-state index contributed by atoms with van der Waals surface area (Å²) in [5, 5.41) is 3.61. The van der Waals surface area contributed by atoms with Gasteiger partial charge in [0.05, 0.1) is 12.7 Å². The topological polar surface area (TPSA) is 30.8 Å². The van der Waals surface area contributed by atoms with Crippen LogP contribution < -0.4 is 15.9 Å². The number of ether oxygens (including phenoxy) is 2. The highest BCUT2D eigenvalue weighted by Gasteiger charge is 2.28. The van der Waals surface area contributed by atoms with Gasteiger partial charge in [-0.3, -0.25) is 4.74 Å². The van der Waals surface area contributed by atoms with Gasteiger partial charge in [-0.2, -0.15) is 0 Å². The molecule has 0 aromatic heterocycles. The summed E-state index contributed by atoms with van der Waals surface area (Å²) in [6.45, 7) is 2.07. The summed E-state index contributed by atoms with van der Waals surface area (Å²) >= 11 is 0. The number of methoxy groups -OCH3 is 2. The molecule has 0 fully saturated rings. The molecule has 0 aliphatic rings. The Morgan fingerprint density at radius 1 is 0.625 bits per heavy atom. The Hall–Kier alpha value is -2.97. The largest absolute Gasteiger partial charge is 0.352 e. The van der Waals surface area contributed by atoms with E-state index in [9.17, 15) is 0 Å². The minimum atomic E-state index is -2.36. The van der Waals surface area contributed by atoms with Crippen LogP contribution in [-0.4, -0.2) is 14.2 Å². The van der Waals surface area contributed by atoms with E-state index < -0.39 is 13.3 Å². The van der Waals surface area contributed by atoms with Crippen LogP contribution in [0.15, 0.2) is 114 Å². The fraction of sp³-hybridized carbons (Fsp3) is 0.143. The highest BCUT2D eigenvalue weighted by Crippen LogP contribution is 2.50. The van der Waals surface area contributed by atoms with Gasteiger partial charge >= 0.3 is 0 Å². The van der Waals surface area contributed by atoms with Gasteiger partial charge in [0.1, 0.15) is 0 Å². The van der Waals surface area contributed by atoms with Crippen molar-refractivity contribution in [3.63, 3.8) is 0 Å². The Balaban J connectivity index is 2.14. The van der Waals surface area contributed by atoms with Crippen LogP contribution in [0.5, 0.6) is 0 Å². The second kappa shape index (κ2) is 10.1. The van der Waals surface area contributed by atoms with Crippen molar-refractivity contribution in [2.24, 2.45) is 4.74 Å². The van der Waals surface area contributed by atoms with E-state index in [1.807, 2.05) is 0 Å². The van der Waals surface area contributed by atoms with Gasteiger partial charge in [-0.15, -0.1) is 0 Å². The van der Waals surface area contributed by atoms with E-state index in [2.05, 4.69) is 116 Å². The molecule has 0 saturated carbocycles. The molecule has 0 spiro atoms. The molecular weight excluding hydrogens is 413 g/mol. The molecule has 0 saturated heterocycles. The number of rotatable bonds is 7. The lowest BCUT2D eigenvalue weighted by molar-refractivity contribution is -0.105. The van der Waals surface area contributed by atoms with Crippen LogP contribution in [0.4, 0.5) is 5.69 Å². The van der Waals surface area contributed by atoms with Gasteiger partial charge in [-0.05, 0) is 19.1 Å². The Bertz CT molecular complexity index is 1100. The van der Waals surface area contributed by atoms with Gasteiger partial charge in [0.2, 0.25) is 0 Å². The van der Waals surface area contributed by atoms with Crippen molar-refractivity contribution in [3.05, 3.63) is 120 Å². The van der Waals surface area contributed by atoms with E-state index in [4.69, 9.17) is 14.2 Å². The Morgan fingerprint density at radius 2 is 1.06 bits per heavy atom. The van der Waals surface area contributed by atoms with Gasteiger partial charge in [-0.25, -0.2) is 0 Å². The molecule has 0 amide bonds. The number of nitrogens with zero attached hydrogens (tertiary/aromatic N) is 1. The minimum Gasteiger partial charge on any atom is -0.352 e. The van der Waals surface area contributed by atoms with E-state index >= 15 is 0 Å². The van der Waals surface area contributed by atoms with Crippen LogP contribution in [0, 0.1) is 6.92 Å². The standard InChI is InChI=1S/C28H28NO2P/c1-22-19-20-27(26(21-22)28(30-2)31-3)29-32(23-13-7-4-8-14-23,24-15-9-5-10-16-24)25-17-11-6-12-18-25/h4-21,28H,1-3H3. The van der Waals surface area contributed by atoms with Gasteiger partial charge in [0.25, 0.3) is 0 Å². The third-order valence-corrected chi connectivity index (χ3v) is 9.16. The fourth-order valence-electron chi connectivity index (χ4n) is 4.02. The Kier molecular flexibility index (Phi) is 7.02. The third-order valence-electron chi connectivity index (χ3n) is 5.51. The van der Waals surface area contributed by atoms with Gasteiger partial charge in [-0.1, -0.05) is 103 Å². The molecule has 0 aliphatic carbocycles. The second-order valence-corrected chi connectivity index (χ2v) is 10.6. The van der Waals surface area contributed by atoms with E-state index in [-0.39, 0.29) is 0 Å². The summed E-state index contributed by atoms with van der Waals surface area (Å²) in [5.41, 5.74) is 2.96. The predicted molar refractivity (Wildman–Crippen MR) is 135 cm³/mol. The molecule has 0 atom stereocenters. The van der Waals surface area contributed by atoms with Crippen LogP contribution in [0.1, 0.15) is 17.4 Å². The quantitative estimate of drug-likeness (QED) is 0.256. The van der Waals surface area contributed by atoms with Crippen molar-refractivity contribution in [1.29, 1.82) is 0 Å². The Morgan fingerprint density at radius 3 is 1.47 bits per heavy atom. The Labute approximate surface area is 190 Å². The average Bonchev–Trinajstić information content (AvgIpc) is 2.86. The van der Waals surface area contributed by atoms with E-state index in [0.29, 0.717) is 0 Å². The van der Waals surface area contributed by atoms with Crippen LogP contribution in [0.2, 0.25) is 0 Å². The molecule has 0 bridgehead atoms. The van der Waals surface area contributed by atoms with Gasteiger partial charge in [0.15, 0.2) is 6.29 Å². The molecule has 32 heavy (non-hydrogen) atoms. The number of hydrogen-bond donors (Lipinski definition) is 0. The molecule has 0 aliphatic heterocycles. The van der Waals surface area contributed by atoms with Crippen molar-refractivity contribution < 1.29 is 9.47 Å². The van der Waals surface area contributed by atoms with Crippen molar-refractivity contribution in [1.82, 2.24) is 0 Å². The highest BCUT2D eigenvalue weighted by molar-refractivity contribution is 7.87. The van der Waals surface area contributed by atoms with Crippen LogP contribution >= 0.6 is 7.05 Å². The smallest absolute Gasteiger partial charge is 0.185 e. The van der Waals surface area contributed by atoms with Crippen LogP contribution in [0.3, 0.4) is 0 Å². The molecule has 0 radical (unpaired) electrons. The molecular formula is C28H28NO2P. The molecule has 4 aromatic rings. The number of benzene rings is 4. The fourth-order valence-corrected chi connectivity index (χ4v) is 7.57. The summed E-state index contributed by atoms with van der Waals surface area (Å²) in [4.78, 5) is 0. The van der Waals surface area contributed by atoms with Crippen molar-refractivity contribution in [2.45, 2.75) is 13.2 Å². The first kappa shape index (κ1) is 22.2. The van der Waals surface area contributed by atoms with Crippen LogP contribution in [-0.2, 0) is 9.47 Å². The molecule has 0 unspecified atom stereocenters. The molecule has 3 nitrogen and oxygen atoms in total. The van der Waals surface area contributed by atoms with E-state index in [1.54, 1.807) is 14.2 Å². The number of hydrogen-bond acceptors (Lipinski definition) is 3. The van der Waals surface area contributed by atoms with Crippen LogP contribution in [0.25, 0.3) is 0 Å². The van der Waals surface area contributed by atoms with Crippen molar-refractivity contribution >= 4 is 28.7 Å². The van der Waals surface area contributed by atoms with Gasteiger partial charge in [0, 0.05) is 35.7 Å². The monoisotopic (exact) mass is 441 g/mol. The molecule has 0 N–H and O–H groups in total. The van der Waals surface area contributed by atoms with Crippen molar-refractivity contribution in [3.8, 4) is 0 Å². The molecule has 4 heteroatoms. The third kappa shape index (κ3) is 4.33. The zero-order valence-corrected chi connectivity index (χ0v) is 19.6. The SMILES string of the molecule is COC(OC)c1cc(C)ccc1N=P(c1ccccc1)(c1ccccc1)c1ccccc1. The zero-order chi connectivity index (χ0) is 22.4. The molecule has 4 aromatic carbocycles. The minimum absolute atomic E-state index is 0.488. The molecule has 4 rings (SSSR count). The second-order valence-electron chi connectivity index (χ2n) is 7.61. The first-order chi connectivity index (χ1) is 15.7.